The van der Waals surface area contributed by atoms with Gasteiger partial charge in [0.1, 0.15) is 5.75 Å². The number of nitrogens with zero attached hydrogens (tertiary/aromatic N) is 1. The summed E-state index contributed by atoms with van der Waals surface area (Å²) >= 11 is 3.45. The topological polar surface area (TPSA) is 33.1 Å². The van der Waals surface area contributed by atoms with Crippen molar-refractivity contribution in [3.63, 3.8) is 0 Å². The number of hydrogen-bond acceptors (Lipinski definition) is 2. The van der Waals surface area contributed by atoms with E-state index in [-0.39, 0.29) is 5.75 Å². The first kappa shape index (κ1) is 8.51. The van der Waals surface area contributed by atoms with Crippen LogP contribution in [-0.2, 0) is 0 Å². The van der Waals surface area contributed by atoms with Crippen molar-refractivity contribution in [1.29, 1.82) is 0 Å². The van der Waals surface area contributed by atoms with Gasteiger partial charge >= 0.3 is 0 Å². The maximum atomic E-state index is 9.26. The number of benzene rings is 1. The SMILES string of the molecule is Cc1cc(Br)c2ccc(O)cc2n1. The molecule has 0 radical (unpaired) electrons. The minimum atomic E-state index is 0.248. The number of aromatic nitrogens is 1. The summed E-state index contributed by atoms with van der Waals surface area (Å²) in [7, 11) is 0. The largest absolute Gasteiger partial charge is 0.508 e. The summed E-state index contributed by atoms with van der Waals surface area (Å²) in [6.45, 7) is 1.92. The third-order valence-electron chi connectivity index (χ3n) is 1.87. The van der Waals surface area contributed by atoms with Crippen LogP contribution in [0.25, 0.3) is 10.9 Å². The normalized spacial score (nSPS) is 10.6. The van der Waals surface area contributed by atoms with E-state index in [2.05, 4.69) is 20.9 Å². The van der Waals surface area contributed by atoms with E-state index in [4.69, 9.17) is 0 Å². The van der Waals surface area contributed by atoms with Crippen molar-refractivity contribution in [3.05, 3.63) is 34.4 Å². The molecule has 66 valence electrons. The van der Waals surface area contributed by atoms with Gasteiger partial charge in [0.2, 0.25) is 0 Å². The Bertz CT molecular complexity index is 462. The lowest BCUT2D eigenvalue weighted by Gasteiger charge is -2.02. The first-order chi connectivity index (χ1) is 6.16. The number of aromatic hydroxyl groups is 1. The van der Waals surface area contributed by atoms with E-state index in [1.165, 1.54) is 0 Å². The zero-order valence-electron chi connectivity index (χ0n) is 7.08. The van der Waals surface area contributed by atoms with E-state index in [1.807, 2.05) is 19.1 Å². The van der Waals surface area contributed by atoms with E-state index < -0.39 is 0 Å². The molecule has 1 N–H and O–H groups in total. The van der Waals surface area contributed by atoms with Crippen LogP contribution in [0, 0.1) is 6.92 Å². The van der Waals surface area contributed by atoms with E-state index in [1.54, 1.807) is 12.1 Å². The van der Waals surface area contributed by atoms with Crippen molar-refractivity contribution >= 4 is 26.8 Å². The molecule has 0 atom stereocenters. The van der Waals surface area contributed by atoms with Crippen LogP contribution in [0.3, 0.4) is 0 Å². The number of pyridine rings is 1. The maximum Gasteiger partial charge on any atom is 0.117 e. The fourth-order valence-corrected chi connectivity index (χ4v) is 1.96. The zero-order valence-corrected chi connectivity index (χ0v) is 8.67. The minimum Gasteiger partial charge on any atom is -0.508 e. The number of phenolic OH excluding ortho intramolecular Hbond substituents is 1. The summed E-state index contributed by atoms with van der Waals surface area (Å²) in [6.07, 6.45) is 0. The predicted octanol–water partition coefficient (Wildman–Crippen LogP) is 3.01. The molecule has 1 aromatic heterocycles. The van der Waals surface area contributed by atoms with Crippen molar-refractivity contribution < 1.29 is 5.11 Å². The number of fused-ring (bicyclic) bond motifs is 1. The monoisotopic (exact) mass is 237 g/mol. The molecule has 0 aliphatic rings. The molecular weight excluding hydrogens is 230 g/mol. The molecule has 0 bridgehead atoms. The van der Waals surface area contributed by atoms with Gasteiger partial charge in [0.25, 0.3) is 0 Å². The van der Waals surface area contributed by atoms with Gasteiger partial charge in [-0.2, -0.15) is 0 Å². The van der Waals surface area contributed by atoms with Gasteiger partial charge < -0.3 is 5.11 Å². The van der Waals surface area contributed by atoms with E-state index in [9.17, 15) is 5.11 Å². The van der Waals surface area contributed by atoms with Crippen LogP contribution in [0.4, 0.5) is 0 Å². The lowest BCUT2D eigenvalue weighted by molar-refractivity contribution is 0.476. The van der Waals surface area contributed by atoms with Crippen LogP contribution in [0.15, 0.2) is 28.7 Å². The third-order valence-corrected chi connectivity index (χ3v) is 2.53. The molecule has 2 rings (SSSR count). The van der Waals surface area contributed by atoms with Gasteiger partial charge in [-0.15, -0.1) is 0 Å². The van der Waals surface area contributed by atoms with E-state index >= 15 is 0 Å². The van der Waals surface area contributed by atoms with Crippen LogP contribution in [0.5, 0.6) is 5.75 Å². The van der Waals surface area contributed by atoms with Crippen LogP contribution >= 0.6 is 15.9 Å². The summed E-state index contributed by atoms with van der Waals surface area (Å²) in [5.41, 5.74) is 1.75. The second-order valence-corrected chi connectivity index (χ2v) is 3.80. The third kappa shape index (κ3) is 1.52. The first-order valence-corrected chi connectivity index (χ1v) is 4.72. The van der Waals surface area contributed by atoms with Gasteiger partial charge in [-0.25, -0.2) is 0 Å². The molecule has 3 heteroatoms. The Morgan fingerprint density at radius 2 is 2.08 bits per heavy atom. The van der Waals surface area contributed by atoms with Crippen molar-refractivity contribution in [2.24, 2.45) is 0 Å². The van der Waals surface area contributed by atoms with Gasteiger partial charge in [-0.3, -0.25) is 4.98 Å². The van der Waals surface area contributed by atoms with Crippen molar-refractivity contribution in [3.8, 4) is 5.75 Å². The fraction of sp³-hybridized carbons (Fsp3) is 0.100. The van der Waals surface area contributed by atoms with Gasteiger partial charge in [0, 0.05) is 21.6 Å². The molecule has 0 aliphatic carbocycles. The molecule has 13 heavy (non-hydrogen) atoms. The molecular formula is C10H8BrNO. The molecule has 2 nitrogen and oxygen atoms in total. The highest BCUT2D eigenvalue weighted by Crippen LogP contribution is 2.25. The van der Waals surface area contributed by atoms with Crippen LogP contribution < -0.4 is 0 Å². The quantitative estimate of drug-likeness (QED) is 0.765. The highest BCUT2D eigenvalue weighted by Gasteiger charge is 2.01. The lowest BCUT2D eigenvalue weighted by Crippen LogP contribution is -1.84. The summed E-state index contributed by atoms with van der Waals surface area (Å²) in [4.78, 5) is 4.31. The number of aryl methyl sites for hydroxylation is 1. The van der Waals surface area contributed by atoms with Gasteiger partial charge in [0.05, 0.1) is 5.52 Å². The maximum absolute atomic E-state index is 9.26. The van der Waals surface area contributed by atoms with Crippen molar-refractivity contribution in [1.82, 2.24) is 4.98 Å². The number of phenols is 1. The van der Waals surface area contributed by atoms with E-state index in [0.29, 0.717) is 0 Å². The standard InChI is InChI=1S/C10H8BrNO/c1-6-4-9(11)8-3-2-7(13)5-10(8)12-6/h2-5,13H,1H3. The second-order valence-electron chi connectivity index (χ2n) is 2.95. The summed E-state index contributed by atoms with van der Waals surface area (Å²) in [6, 6.07) is 7.12. The highest BCUT2D eigenvalue weighted by molar-refractivity contribution is 9.10. The molecule has 2 aromatic rings. The van der Waals surface area contributed by atoms with Crippen molar-refractivity contribution in [2.75, 3.05) is 0 Å². The van der Waals surface area contributed by atoms with Crippen LogP contribution in [0.1, 0.15) is 5.69 Å². The molecule has 0 fully saturated rings. The molecule has 0 aliphatic heterocycles. The Balaban J connectivity index is 2.86. The first-order valence-electron chi connectivity index (χ1n) is 3.93. The Kier molecular flexibility index (Phi) is 1.96. The molecule has 1 heterocycles. The number of hydrogen-bond donors (Lipinski definition) is 1. The van der Waals surface area contributed by atoms with Gasteiger partial charge in [-0.1, -0.05) is 15.9 Å². The average Bonchev–Trinajstić information content (AvgIpc) is 2.02. The highest BCUT2D eigenvalue weighted by atomic mass is 79.9. The van der Waals surface area contributed by atoms with Crippen molar-refractivity contribution in [2.45, 2.75) is 6.92 Å². The zero-order chi connectivity index (χ0) is 9.42. The summed E-state index contributed by atoms with van der Waals surface area (Å²) in [5.74, 6) is 0.248. The minimum absolute atomic E-state index is 0.248. The average molecular weight is 238 g/mol. The Morgan fingerprint density at radius 1 is 1.31 bits per heavy atom. The number of rotatable bonds is 0. The smallest absolute Gasteiger partial charge is 0.117 e. The Hall–Kier alpha value is -1.09. The van der Waals surface area contributed by atoms with E-state index in [0.717, 1.165) is 21.1 Å². The van der Waals surface area contributed by atoms with Crippen LogP contribution in [0.2, 0.25) is 0 Å². The molecule has 0 saturated carbocycles. The van der Waals surface area contributed by atoms with Gasteiger partial charge in [0.15, 0.2) is 0 Å². The summed E-state index contributed by atoms with van der Waals surface area (Å²) < 4.78 is 1.01. The Morgan fingerprint density at radius 3 is 2.85 bits per heavy atom. The second kappa shape index (κ2) is 3.00. The Labute approximate surface area is 84.4 Å². The predicted molar refractivity (Wildman–Crippen MR) is 55.8 cm³/mol. The molecule has 0 spiro atoms. The fourth-order valence-electron chi connectivity index (χ4n) is 1.30. The van der Waals surface area contributed by atoms with Gasteiger partial charge in [-0.05, 0) is 25.1 Å². The lowest BCUT2D eigenvalue weighted by atomic mass is 10.2. The molecule has 0 saturated heterocycles. The van der Waals surface area contributed by atoms with Crippen LogP contribution in [-0.4, -0.2) is 10.1 Å². The number of halogens is 1. The molecule has 0 unspecified atom stereocenters. The molecule has 0 amide bonds. The molecule has 1 aromatic carbocycles. The summed E-state index contributed by atoms with van der Waals surface area (Å²) in [5, 5.41) is 10.3.